The molecule has 1 atom stereocenters. The molecule has 176 valence electrons. The summed E-state index contributed by atoms with van der Waals surface area (Å²) in [6.45, 7) is 5.42. The van der Waals surface area contributed by atoms with Crippen molar-refractivity contribution in [1.29, 1.82) is 0 Å². The van der Waals surface area contributed by atoms with Crippen LogP contribution >= 0.6 is 0 Å². The van der Waals surface area contributed by atoms with E-state index in [-0.39, 0.29) is 5.57 Å². The van der Waals surface area contributed by atoms with Crippen molar-refractivity contribution >= 4 is 34.8 Å². The summed E-state index contributed by atoms with van der Waals surface area (Å²) in [4.78, 5) is 39.2. The fourth-order valence-electron chi connectivity index (χ4n) is 4.20. The number of likely N-dealkylation sites (N-methyl/N-ethyl adjacent to an activating group) is 2. The number of barbiturate groups is 1. The first-order valence-corrected chi connectivity index (χ1v) is 11.4. The van der Waals surface area contributed by atoms with Crippen LogP contribution in [0.1, 0.15) is 37.3 Å². The normalized spacial score (nSPS) is 15.3. The number of rotatable bonds is 7. The minimum absolute atomic E-state index is 0.0359. The molecule has 0 spiro atoms. The minimum Gasteiger partial charge on any atom is -0.491 e. The summed E-state index contributed by atoms with van der Waals surface area (Å²) >= 11 is 0. The molecule has 34 heavy (non-hydrogen) atoms. The van der Waals surface area contributed by atoms with E-state index in [1.807, 2.05) is 48.7 Å². The van der Waals surface area contributed by atoms with Gasteiger partial charge in [0.15, 0.2) is 0 Å². The van der Waals surface area contributed by atoms with Gasteiger partial charge in [0.1, 0.15) is 17.9 Å². The highest BCUT2D eigenvalue weighted by atomic mass is 16.5. The van der Waals surface area contributed by atoms with E-state index in [1.54, 1.807) is 6.08 Å². The molecule has 3 aromatic rings. The third-order valence-electron chi connectivity index (χ3n) is 6.42. The molecule has 0 aliphatic carbocycles. The van der Waals surface area contributed by atoms with E-state index in [1.165, 1.54) is 19.7 Å². The molecular weight excluding hydrogens is 430 g/mol. The van der Waals surface area contributed by atoms with Gasteiger partial charge in [-0.15, -0.1) is 0 Å². The van der Waals surface area contributed by atoms with Gasteiger partial charge in [-0.25, -0.2) is 4.79 Å². The van der Waals surface area contributed by atoms with Gasteiger partial charge in [-0.3, -0.25) is 19.4 Å². The van der Waals surface area contributed by atoms with Crippen LogP contribution in [0, 0.1) is 0 Å². The van der Waals surface area contributed by atoms with Crippen LogP contribution in [-0.4, -0.2) is 52.9 Å². The van der Waals surface area contributed by atoms with Crippen LogP contribution in [0.5, 0.6) is 5.75 Å². The Labute approximate surface area is 199 Å². The third kappa shape index (κ3) is 4.21. The Kier molecular flexibility index (Phi) is 6.54. The van der Waals surface area contributed by atoms with Crippen LogP contribution in [0.2, 0.25) is 0 Å². The van der Waals surface area contributed by atoms with Gasteiger partial charge in [-0.05, 0) is 36.1 Å². The average molecular weight is 460 g/mol. The van der Waals surface area contributed by atoms with Gasteiger partial charge in [0.25, 0.3) is 11.8 Å². The molecule has 0 N–H and O–H groups in total. The molecule has 1 aliphatic rings. The smallest absolute Gasteiger partial charge is 0.333 e. The first-order valence-electron chi connectivity index (χ1n) is 11.4. The summed E-state index contributed by atoms with van der Waals surface area (Å²) in [5.41, 5.74) is 2.88. The van der Waals surface area contributed by atoms with Crippen molar-refractivity contribution in [2.75, 3.05) is 20.7 Å². The van der Waals surface area contributed by atoms with Gasteiger partial charge in [-0.1, -0.05) is 50.2 Å². The SMILES string of the molecule is CC[C@H](C)c1ccccc1OCCn1cc(C=C2C(=O)N(C)C(=O)N(C)C2=O)c2ccccc21. The molecule has 1 fully saturated rings. The Balaban J connectivity index is 1.61. The zero-order chi connectivity index (χ0) is 24.4. The van der Waals surface area contributed by atoms with Crippen LogP contribution in [0.3, 0.4) is 0 Å². The second-order valence-electron chi connectivity index (χ2n) is 8.56. The van der Waals surface area contributed by atoms with Gasteiger partial charge in [0, 0.05) is 36.8 Å². The standard InChI is InChI=1S/C27H29N3O4/c1-5-18(2)20-10-7-9-13-24(20)34-15-14-30-17-19(21-11-6-8-12-23(21)30)16-22-25(31)28(3)27(33)29(4)26(22)32/h6-13,16-18H,5,14-15H2,1-4H3/t18-/m0/s1. The fraction of sp³-hybridized carbons (Fsp3) is 0.296. The maximum absolute atomic E-state index is 12.6. The summed E-state index contributed by atoms with van der Waals surface area (Å²) in [6, 6.07) is 15.3. The van der Waals surface area contributed by atoms with E-state index in [4.69, 9.17) is 4.74 Å². The quantitative estimate of drug-likeness (QED) is 0.380. The minimum atomic E-state index is -0.635. The second kappa shape index (κ2) is 9.55. The van der Waals surface area contributed by atoms with Gasteiger partial charge >= 0.3 is 6.03 Å². The summed E-state index contributed by atoms with van der Waals surface area (Å²) in [7, 11) is 2.75. The lowest BCUT2D eigenvalue weighted by Gasteiger charge is -2.28. The summed E-state index contributed by atoms with van der Waals surface area (Å²) in [5.74, 6) is 0.102. The Morgan fingerprint density at radius 1 is 0.941 bits per heavy atom. The van der Waals surface area contributed by atoms with Crippen molar-refractivity contribution in [1.82, 2.24) is 14.4 Å². The van der Waals surface area contributed by atoms with Crippen molar-refractivity contribution in [3.63, 3.8) is 0 Å². The first-order chi connectivity index (χ1) is 16.3. The Morgan fingerprint density at radius 2 is 1.59 bits per heavy atom. The number of nitrogens with zero attached hydrogens (tertiary/aromatic N) is 3. The molecule has 7 nitrogen and oxygen atoms in total. The number of imide groups is 2. The molecule has 2 heterocycles. The lowest BCUT2D eigenvalue weighted by molar-refractivity contribution is -0.134. The molecule has 7 heteroatoms. The van der Waals surface area contributed by atoms with Crippen molar-refractivity contribution in [3.8, 4) is 5.75 Å². The van der Waals surface area contributed by atoms with Gasteiger partial charge in [-0.2, -0.15) is 0 Å². The maximum Gasteiger partial charge on any atom is 0.333 e. The number of benzene rings is 2. The zero-order valence-corrected chi connectivity index (χ0v) is 19.9. The number of fused-ring (bicyclic) bond motifs is 1. The summed E-state index contributed by atoms with van der Waals surface area (Å²) in [5, 5.41) is 0.915. The summed E-state index contributed by atoms with van der Waals surface area (Å²) < 4.78 is 8.21. The highest BCUT2D eigenvalue weighted by Gasteiger charge is 2.37. The number of hydrogen-bond donors (Lipinski definition) is 0. The predicted octanol–water partition coefficient (Wildman–Crippen LogP) is 4.67. The second-order valence-corrected chi connectivity index (χ2v) is 8.56. The van der Waals surface area contributed by atoms with E-state index < -0.39 is 17.8 Å². The van der Waals surface area contributed by atoms with E-state index in [0.29, 0.717) is 19.1 Å². The van der Waals surface area contributed by atoms with Gasteiger partial charge in [0.2, 0.25) is 0 Å². The highest BCUT2D eigenvalue weighted by Crippen LogP contribution is 2.29. The number of para-hydroxylation sites is 2. The lowest BCUT2D eigenvalue weighted by atomic mass is 9.98. The Bertz CT molecular complexity index is 1260. The van der Waals surface area contributed by atoms with Crippen molar-refractivity contribution < 1.29 is 19.1 Å². The third-order valence-corrected chi connectivity index (χ3v) is 6.42. The Morgan fingerprint density at radius 3 is 2.29 bits per heavy atom. The highest BCUT2D eigenvalue weighted by molar-refractivity contribution is 6.31. The number of hydrogen-bond acceptors (Lipinski definition) is 4. The van der Waals surface area contributed by atoms with E-state index in [9.17, 15) is 14.4 Å². The largest absolute Gasteiger partial charge is 0.491 e. The van der Waals surface area contributed by atoms with E-state index in [2.05, 4.69) is 24.5 Å². The maximum atomic E-state index is 12.6. The fourth-order valence-corrected chi connectivity index (χ4v) is 4.20. The molecule has 2 aromatic carbocycles. The van der Waals surface area contributed by atoms with Crippen LogP contribution in [-0.2, 0) is 16.1 Å². The zero-order valence-electron chi connectivity index (χ0n) is 19.9. The molecular formula is C27H29N3O4. The summed E-state index contributed by atoms with van der Waals surface area (Å²) in [6.07, 6.45) is 4.52. The topological polar surface area (TPSA) is 71.8 Å². The van der Waals surface area contributed by atoms with Crippen LogP contribution in [0.4, 0.5) is 4.79 Å². The molecule has 1 saturated heterocycles. The first kappa shape index (κ1) is 23.3. The molecule has 4 amide bonds. The van der Waals surface area contributed by atoms with Crippen molar-refractivity contribution in [2.45, 2.75) is 32.7 Å². The number of amides is 4. The Hall–Kier alpha value is -3.87. The number of carbonyl (C=O) groups excluding carboxylic acids is 3. The van der Waals surface area contributed by atoms with Crippen LogP contribution in [0.25, 0.3) is 17.0 Å². The number of carbonyl (C=O) groups is 3. The predicted molar refractivity (Wildman–Crippen MR) is 131 cm³/mol. The van der Waals surface area contributed by atoms with Gasteiger partial charge < -0.3 is 9.30 Å². The molecule has 0 saturated carbocycles. The van der Waals surface area contributed by atoms with Crippen molar-refractivity contribution in [3.05, 3.63) is 71.4 Å². The van der Waals surface area contributed by atoms with Gasteiger partial charge in [0.05, 0.1) is 6.54 Å². The average Bonchev–Trinajstić information content (AvgIpc) is 3.21. The number of urea groups is 1. The van der Waals surface area contributed by atoms with Crippen LogP contribution < -0.4 is 4.74 Å². The molecule has 0 unspecified atom stereocenters. The number of ether oxygens (including phenoxy) is 1. The van der Waals surface area contributed by atoms with Crippen LogP contribution in [0.15, 0.2) is 60.3 Å². The monoisotopic (exact) mass is 459 g/mol. The van der Waals surface area contributed by atoms with E-state index in [0.717, 1.165) is 38.4 Å². The van der Waals surface area contributed by atoms with E-state index >= 15 is 0 Å². The molecule has 4 rings (SSSR count). The molecule has 0 radical (unpaired) electrons. The molecule has 1 aliphatic heterocycles. The molecule has 0 bridgehead atoms. The van der Waals surface area contributed by atoms with Crippen molar-refractivity contribution in [2.24, 2.45) is 0 Å². The number of aromatic nitrogens is 1. The lowest BCUT2D eigenvalue weighted by Crippen LogP contribution is -2.52. The molecule has 1 aromatic heterocycles.